The lowest BCUT2D eigenvalue weighted by atomic mass is 10.0. The fourth-order valence-corrected chi connectivity index (χ4v) is 5.35. The number of aliphatic carboxylic acids is 1. The number of amides is 2. The molecule has 2 aromatic heterocycles. The largest absolute Gasteiger partial charge is 0.543 e. The number of methoxy groups -OCH3 is 1. The molecule has 2 aromatic rings. The minimum Gasteiger partial charge on any atom is -0.543 e. The third kappa shape index (κ3) is 5.11. The number of pyridine rings is 1. The Bertz CT molecular complexity index is 1240. The number of hydrogen-bond acceptors (Lipinski definition) is 12. The highest BCUT2D eigenvalue weighted by Gasteiger charge is 2.53. The summed E-state index contributed by atoms with van der Waals surface area (Å²) in [6, 6.07) is 2.50. The number of β-lactam (4-membered cyclic amide) rings is 1. The van der Waals surface area contributed by atoms with Crippen LogP contribution in [0.5, 0.6) is 5.75 Å². The molecule has 13 nitrogen and oxygen atoms in total. The molecule has 15 heteroatoms. The lowest BCUT2D eigenvalue weighted by molar-refractivity contribution is -0.689. The SMILES string of the molecule is COc1cc[n+](CC2=C(C(=O)[O-])N3C(=O)C(NC(=O)C(=NOC(C)C)c4nsc(N)n4)[C@@H]3SC2)cc1. The van der Waals surface area contributed by atoms with Crippen molar-refractivity contribution in [3.05, 3.63) is 41.6 Å². The van der Waals surface area contributed by atoms with Gasteiger partial charge in [0.05, 0.1) is 18.8 Å². The zero-order valence-electron chi connectivity index (χ0n) is 19.5. The number of rotatable bonds is 9. The van der Waals surface area contributed by atoms with Gasteiger partial charge in [0, 0.05) is 35.0 Å². The molecular weight excluding hydrogens is 510 g/mol. The van der Waals surface area contributed by atoms with E-state index in [0.717, 1.165) is 16.4 Å². The highest BCUT2D eigenvalue weighted by molar-refractivity contribution is 8.00. The number of nitrogens with two attached hydrogens (primary N) is 1. The summed E-state index contributed by atoms with van der Waals surface area (Å²) in [5, 5.41) is 18.0. The first kappa shape index (κ1) is 25.4. The molecule has 0 saturated carbocycles. The molecular formula is C21H23N7O6S2. The normalized spacial score (nSPS) is 19.6. The predicted octanol–water partition coefficient (Wildman–Crippen LogP) is -1.35. The van der Waals surface area contributed by atoms with Crippen LogP contribution >= 0.6 is 23.3 Å². The highest BCUT2D eigenvalue weighted by atomic mass is 32.2. The number of carbonyl (C=O) groups excluding carboxylic acids is 3. The second kappa shape index (κ2) is 10.5. The van der Waals surface area contributed by atoms with E-state index in [1.807, 2.05) is 0 Å². The van der Waals surface area contributed by atoms with Crippen molar-refractivity contribution < 1.29 is 33.6 Å². The second-order valence-corrected chi connectivity index (χ2v) is 9.95. The zero-order chi connectivity index (χ0) is 26.0. The van der Waals surface area contributed by atoms with Crippen molar-refractivity contribution in [3.8, 4) is 5.75 Å². The van der Waals surface area contributed by atoms with Crippen LogP contribution in [0.2, 0.25) is 0 Å². The molecule has 1 unspecified atom stereocenters. The Hall–Kier alpha value is -3.72. The third-order valence-corrected chi connectivity index (χ3v) is 7.10. The highest BCUT2D eigenvalue weighted by Crippen LogP contribution is 2.40. The first-order valence-electron chi connectivity index (χ1n) is 10.7. The summed E-state index contributed by atoms with van der Waals surface area (Å²) >= 11 is 2.22. The van der Waals surface area contributed by atoms with Crippen LogP contribution < -0.4 is 25.5 Å². The smallest absolute Gasteiger partial charge is 0.278 e. The molecule has 2 aliphatic rings. The molecule has 2 aliphatic heterocycles. The van der Waals surface area contributed by atoms with Gasteiger partial charge in [-0.3, -0.25) is 14.5 Å². The summed E-state index contributed by atoms with van der Waals surface area (Å²) < 4.78 is 10.9. The Balaban J connectivity index is 1.52. The first-order chi connectivity index (χ1) is 17.2. The van der Waals surface area contributed by atoms with Crippen molar-refractivity contribution in [3.63, 3.8) is 0 Å². The first-order valence-corrected chi connectivity index (χ1v) is 12.6. The summed E-state index contributed by atoms with van der Waals surface area (Å²) in [5.74, 6) is -1.84. The van der Waals surface area contributed by atoms with Crippen LogP contribution in [-0.4, -0.2) is 68.1 Å². The Kier molecular flexibility index (Phi) is 7.40. The van der Waals surface area contributed by atoms with Gasteiger partial charge in [-0.25, -0.2) is 4.57 Å². The summed E-state index contributed by atoms with van der Waals surface area (Å²) in [4.78, 5) is 48.3. The lowest BCUT2D eigenvalue weighted by Crippen LogP contribution is -2.71. The zero-order valence-corrected chi connectivity index (χ0v) is 21.2. The number of carbonyl (C=O) groups is 3. The quantitative estimate of drug-likeness (QED) is 0.170. The number of carboxylic acids is 1. The average molecular weight is 534 g/mol. The van der Waals surface area contributed by atoms with Crippen molar-refractivity contribution in [2.75, 3.05) is 18.6 Å². The molecule has 0 bridgehead atoms. The van der Waals surface area contributed by atoms with Crippen molar-refractivity contribution in [1.82, 2.24) is 19.6 Å². The van der Waals surface area contributed by atoms with E-state index in [0.29, 0.717) is 17.1 Å². The Labute approximate surface area is 214 Å². The lowest BCUT2D eigenvalue weighted by Gasteiger charge is -2.50. The predicted molar refractivity (Wildman–Crippen MR) is 127 cm³/mol. The van der Waals surface area contributed by atoms with Gasteiger partial charge in [-0.1, -0.05) is 5.16 Å². The van der Waals surface area contributed by atoms with Gasteiger partial charge in [-0.15, -0.1) is 11.8 Å². The van der Waals surface area contributed by atoms with Gasteiger partial charge in [0.1, 0.15) is 23.3 Å². The van der Waals surface area contributed by atoms with E-state index in [1.54, 1.807) is 50.1 Å². The number of nitrogens with zero attached hydrogens (tertiary/aromatic N) is 5. The number of ether oxygens (including phenoxy) is 1. The molecule has 2 atom stereocenters. The van der Waals surface area contributed by atoms with Gasteiger partial charge in [0.25, 0.3) is 11.8 Å². The van der Waals surface area contributed by atoms with Crippen molar-refractivity contribution in [2.24, 2.45) is 5.16 Å². The van der Waals surface area contributed by atoms with Crippen LogP contribution in [0, 0.1) is 0 Å². The summed E-state index contributed by atoms with van der Waals surface area (Å²) in [5.41, 5.74) is 5.71. The summed E-state index contributed by atoms with van der Waals surface area (Å²) in [6.07, 6.45) is 3.17. The maximum absolute atomic E-state index is 13.0. The van der Waals surface area contributed by atoms with E-state index in [1.165, 1.54) is 11.8 Å². The number of oxime groups is 1. The third-order valence-electron chi connectivity index (χ3n) is 5.22. The number of carboxylic acid groups (broad SMARTS) is 1. The molecule has 0 spiro atoms. The van der Waals surface area contributed by atoms with Crippen LogP contribution in [-0.2, 0) is 25.8 Å². The standard InChI is InChI=1S/C21H23N7O6S2/c1-10(2)34-25-13(16-24-21(22)36-26-16)17(29)23-14-18(30)28-15(20(31)32)11(9-35-19(14)28)8-27-6-4-12(33-3)5-7-27/h4-7,10,14,19H,8-9H2,1-3H3,(H3-,22,23,24,26,29,31,32)/t14?,19-/m0/s1. The number of nitrogens with one attached hydrogen (secondary N) is 1. The van der Waals surface area contributed by atoms with E-state index in [4.69, 9.17) is 15.3 Å². The molecule has 0 aromatic carbocycles. The van der Waals surface area contributed by atoms with Gasteiger partial charge in [0.15, 0.2) is 24.1 Å². The van der Waals surface area contributed by atoms with Crippen LogP contribution in [0.4, 0.5) is 5.13 Å². The van der Waals surface area contributed by atoms with Crippen LogP contribution in [0.1, 0.15) is 19.7 Å². The van der Waals surface area contributed by atoms with E-state index < -0.39 is 29.2 Å². The van der Waals surface area contributed by atoms with E-state index >= 15 is 0 Å². The molecule has 4 rings (SSSR count). The van der Waals surface area contributed by atoms with E-state index in [2.05, 4.69) is 19.8 Å². The molecule has 4 heterocycles. The molecule has 0 aliphatic carbocycles. The fourth-order valence-electron chi connectivity index (χ4n) is 3.58. The maximum Gasteiger partial charge on any atom is 0.278 e. The van der Waals surface area contributed by atoms with E-state index in [9.17, 15) is 19.5 Å². The van der Waals surface area contributed by atoms with Gasteiger partial charge in [-0.05, 0) is 13.8 Å². The van der Waals surface area contributed by atoms with Gasteiger partial charge in [-0.2, -0.15) is 9.36 Å². The van der Waals surface area contributed by atoms with Crippen molar-refractivity contribution in [1.29, 1.82) is 0 Å². The molecule has 36 heavy (non-hydrogen) atoms. The maximum atomic E-state index is 13.0. The second-order valence-electron chi connectivity index (χ2n) is 8.06. The van der Waals surface area contributed by atoms with Crippen molar-refractivity contribution in [2.45, 2.75) is 37.9 Å². The topological polar surface area (TPSA) is 176 Å². The fraction of sp³-hybridized carbons (Fsp3) is 0.381. The number of thioether (sulfide) groups is 1. The Morgan fingerprint density at radius 3 is 2.69 bits per heavy atom. The van der Waals surface area contributed by atoms with Gasteiger partial charge in [0.2, 0.25) is 11.5 Å². The summed E-state index contributed by atoms with van der Waals surface area (Å²) in [6.45, 7) is 3.70. The number of nitrogen functional groups attached to an aromatic ring is 1. The van der Waals surface area contributed by atoms with Crippen molar-refractivity contribution >= 4 is 51.9 Å². The number of aromatic nitrogens is 3. The summed E-state index contributed by atoms with van der Waals surface area (Å²) in [7, 11) is 1.55. The minimum atomic E-state index is -1.46. The van der Waals surface area contributed by atoms with Crippen LogP contribution in [0.3, 0.4) is 0 Å². The number of fused-ring (bicyclic) bond motifs is 1. The monoisotopic (exact) mass is 533 g/mol. The average Bonchev–Trinajstić information content (AvgIpc) is 3.28. The molecule has 1 fully saturated rings. The number of anilines is 1. The van der Waals surface area contributed by atoms with Crippen LogP contribution in [0.25, 0.3) is 0 Å². The molecule has 1 saturated heterocycles. The molecule has 2 amide bonds. The van der Waals surface area contributed by atoms with Gasteiger partial charge >= 0.3 is 0 Å². The molecule has 0 radical (unpaired) electrons. The minimum absolute atomic E-state index is 0.0373. The Morgan fingerprint density at radius 2 is 2.11 bits per heavy atom. The molecule has 3 N–H and O–H groups in total. The van der Waals surface area contributed by atoms with E-state index in [-0.39, 0.29) is 35.0 Å². The Morgan fingerprint density at radius 1 is 1.39 bits per heavy atom. The molecule has 190 valence electrons. The van der Waals surface area contributed by atoms with Crippen LogP contribution in [0.15, 0.2) is 41.0 Å². The number of hydrogen-bond donors (Lipinski definition) is 2. The van der Waals surface area contributed by atoms with Gasteiger partial charge < -0.3 is 30.5 Å².